The number of benzene rings is 4. The number of hydrogen-bond donors (Lipinski definition) is 3. The Labute approximate surface area is 442 Å². The number of aliphatic hydroxyl groups is 2. The number of fused-ring (bicyclic) bond motifs is 5. The van der Waals surface area contributed by atoms with Gasteiger partial charge >= 0.3 is 29.8 Å². The first-order valence-electron chi connectivity index (χ1n) is 25.0. The Morgan fingerprint density at radius 2 is 1.36 bits per heavy atom. The minimum absolute atomic E-state index is 0.0188. The molecule has 0 unspecified atom stereocenters. The standard InChI is InChI=1S/C58H59NO18/c1-31-40(74-54(70)46(64)45(35-16-10-7-11-17-35)59-51(66)36-18-12-8-13-19-36)29-58(71)50(76-53(69)38-20-14-9-15-21-38)48-56(6,49(65)47(73-32(2)60)44(31)55(58,4)5)41(28-42-57(48,30-72-42)77-33(3)61)75-43(63)27-39(62)26-34-22-24-37(25-23-34)52(67)68/h7-25,40-42,45-48,50,64,71H,26-30H2,1-6H3,(H,59,66)(H,67,68)/p-1/t40-,41-,42+,45-,46+,47+,48-,50-,56+,57-,58+/m0/s1. The smallest absolute Gasteiger partial charge is 0.338 e. The third-order valence-corrected chi connectivity index (χ3v) is 15.7. The van der Waals surface area contributed by atoms with Gasteiger partial charge in [0.1, 0.15) is 42.2 Å². The van der Waals surface area contributed by atoms with E-state index < -0.39 is 143 Å². The lowest BCUT2D eigenvalue weighted by molar-refractivity contribution is -0.346. The third kappa shape index (κ3) is 10.4. The van der Waals surface area contributed by atoms with Gasteiger partial charge in [-0.05, 0) is 65.9 Å². The van der Waals surface area contributed by atoms with Gasteiger partial charge in [-0.15, -0.1) is 0 Å². The highest BCUT2D eigenvalue weighted by atomic mass is 16.6. The predicted molar refractivity (Wildman–Crippen MR) is 266 cm³/mol. The van der Waals surface area contributed by atoms with Crippen molar-refractivity contribution in [3.63, 3.8) is 0 Å². The molecule has 1 amide bonds. The second kappa shape index (κ2) is 21.6. The van der Waals surface area contributed by atoms with Crippen LogP contribution in [-0.2, 0) is 63.6 Å². The van der Waals surface area contributed by atoms with E-state index in [1.165, 1.54) is 76.2 Å². The van der Waals surface area contributed by atoms with E-state index in [-0.39, 0.29) is 40.7 Å². The van der Waals surface area contributed by atoms with Crippen LogP contribution in [-0.4, -0.2) is 118 Å². The van der Waals surface area contributed by atoms with Crippen LogP contribution < -0.4 is 10.4 Å². The van der Waals surface area contributed by atoms with E-state index in [1.807, 2.05) is 0 Å². The fraction of sp³-hybridized carbons (Fsp3) is 0.397. The van der Waals surface area contributed by atoms with Gasteiger partial charge < -0.3 is 53.9 Å². The molecule has 77 heavy (non-hydrogen) atoms. The fourth-order valence-corrected chi connectivity index (χ4v) is 11.7. The van der Waals surface area contributed by atoms with Crippen LogP contribution in [0.15, 0.2) is 126 Å². The summed E-state index contributed by atoms with van der Waals surface area (Å²) in [6.07, 6.45) is -12.8. The molecule has 4 aliphatic rings. The zero-order valence-corrected chi connectivity index (χ0v) is 43.1. The number of ketones is 2. The molecule has 3 fully saturated rings. The van der Waals surface area contributed by atoms with Crippen LogP contribution in [0.4, 0.5) is 0 Å². The Morgan fingerprint density at radius 3 is 1.92 bits per heavy atom. The number of amides is 1. The maximum atomic E-state index is 16.3. The monoisotopic (exact) mass is 1060 g/mol. The summed E-state index contributed by atoms with van der Waals surface area (Å²) in [4.78, 5) is 125. The molecule has 0 radical (unpaired) electrons. The van der Waals surface area contributed by atoms with Crippen molar-refractivity contribution in [3.8, 4) is 0 Å². The molecule has 2 saturated carbocycles. The topological polar surface area (TPSA) is 285 Å². The van der Waals surface area contributed by atoms with Gasteiger partial charge in [-0.2, -0.15) is 0 Å². The molecule has 0 aromatic heterocycles. The molecule has 8 rings (SSSR count). The number of aliphatic hydroxyl groups excluding tert-OH is 1. The second-order valence-corrected chi connectivity index (χ2v) is 20.7. The molecule has 4 aromatic rings. The highest BCUT2D eigenvalue weighted by Crippen LogP contribution is 2.65. The maximum absolute atomic E-state index is 16.3. The molecule has 1 saturated heterocycles. The zero-order valence-electron chi connectivity index (χ0n) is 43.1. The normalized spacial score (nSPS) is 27.7. The van der Waals surface area contributed by atoms with Gasteiger partial charge in [0.2, 0.25) is 0 Å². The summed E-state index contributed by atoms with van der Waals surface area (Å²) in [5, 5.41) is 40.0. The number of esters is 5. The van der Waals surface area contributed by atoms with Gasteiger partial charge in [0.05, 0.1) is 35.5 Å². The van der Waals surface area contributed by atoms with Gasteiger partial charge in [-0.25, -0.2) is 9.59 Å². The van der Waals surface area contributed by atoms with Gasteiger partial charge in [0, 0.05) is 44.1 Å². The van der Waals surface area contributed by atoms with E-state index in [4.69, 9.17) is 28.4 Å². The number of nitrogens with one attached hydrogen (secondary N) is 1. The Balaban J connectivity index is 1.26. The Hall–Kier alpha value is -7.87. The minimum Gasteiger partial charge on any atom is -0.545 e. The van der Waals surface area contributed by atoms with Gasteiger partial charge in [0.15, 0.2) is 23.6 Å². The molecular weight excluding hydrogens is 999 g/mol. The number of Topliss-reactive ketones (excluding diaryl/α,β-unsaturated/α-hetero) is 2. The van der Waals surface area contributed by atoms with Crippen LogP contribution in [0, 0.1) is 16.7 Å². The molecule has 11 atom stereocenters. The highest BCUT2D eigenvalue weighted by molar-refractivity contribution is 5.99. The summed E-state index contributed by atoms with van der Waals surface area (Å²) in [6, 6.07) is 27.6. The number of ether oxygens (including phenoxy) is 6. The maximum Gasteiger partial charge on any atom is 0.338 e. The number of carbonyl (C=O) groups excluding carboxylic acids is 9. The van der Waals surface area contributed by atoms with Gasteiger partial charge in [-0.3, -0.25) is 28.8 Å². The van der Waals surface area contributed by atoms with Crippen molar-refractivity contribution < 1.29 is 86.9 Å². The van der Waals surface area contributed by atoms with Crippen molar-refractivity contribution in [2.75, 3.05) is 6.61 Å². The molecular formula is C58H58NO18-. The molecule has 4 aromatic carbocycles. The van der Waals surface area contributed by atoms with Crippen LogP contribution in [0.3, 0.4) is 0 Å². The number of carbonyl (C=O) groups is 9. The number of aromatic carboxylic acids is 1. The van der Waals surface area contributed by atoms with Gasteiger partial charge in [0.25, 0.3) is 5.91 Å². The fourth-order valence-electron chi connectivity index (χ4n) is 11.7. The molecule has 404 valence electrons. The van der Waals surface area contributed by atoms with Crippen LogP contribution in [0.25, 0.3) is 0 Å². The van der Waals surface area contributed by atoms with Crippen molar-refractivity contribution >= 4 is 53.3 Å². The van der Waals surface area contributed by atoms with Crippen LogP contribution in [0.1, 0.15) is 109 Å². The molecule has 1 aliphatic heterocycles. The largest absolute Gasteiger partial charge is 0.545 e. The van der Waals surface area contributed by atoms with E-state index in [9.17, 15) is 53.7 Å². The average molecular weight is 1060 g/mol. The molecule has 2 bridgehead atoms. The summed E-state index contributed by atoms with van der Waals surface area (Å²) < 4.78 is 37.1. The lowest BCUT2D eigenvalue weighted by atomic mass is 9.44. The molecule has 0 spiro atoms. The minimum atomic E-state index is -2.56. The quantitative estimate of drug-likeness (QED) is 0.0622. The summed E-state index contributed by atoms with van der Waals surface area (Å²) in [5.74, 6) is -10.8. The van der Waals surface area contributed by atoms with E-state index in [0.29, 0.717) is 11.1 Å². The predicted octanol–water partition coefficient (Wildman–Crippen LogP) is 3.85. The second-order valence-electron chi connectivity index (χ2n) is 20.7. The summed E-state index contributed by atoms with van der Waals surface area (Å²) in [7, 11) is 0. The van der Waals surface area contributed by atoms with Crippen LogP contribution in [0.2, 0.25) is 0 Å². The molecule has 19 nitrogen and oxygen atoms in total. The van der Waals surface area contributed by atoms with Crippen molar-refractivity contribution in [1.82, 2.24) is 5.32 Å². The Bertz CT molecular complexity index is 3010. The summed E-state index contributed by atoms with van der Waals surface area (Å²) in [6.45, 7) is 7.49. The first-order chi connectivity index (χ1) is 36.4. The Kier molecular flexibility index (Phi) is 15.6. The summed E-state index contributed by atoms with van der Waals surface area (Å²) in [5.41, 5.74) is -7.93. The summed E-state index contributed by atoms with van der Waals surface area (Å²) >= 11 is 0. The van der Waals surface area contributed by atoms with E-state index in [0.717, 1.165) is 13.8 Å². The number of rotatable bonds is 16. The lowest BCUT2D eigenvalue weighted by Crippen LogP contribution is -2.82. The average Bonchev–Trinajstić information content (AvgIpc) is 3.58. The van der Waals surface area contributed by atoms with E-state index >= 15 is 4.79 Å². The van der Waals surface area contributed by atoms with E-state index in [1.54, 1.807) is 66.7 Å². The molecule has 1 heterocycles. The van der Waals surface area contributed by atoms with Gasteiger partial charge in [-0.1, -0.05) is 105 Å². The molecule has 3 N–H and O–H groups in total. The number of hydrogen-bond acceptors (Lipinski definition) is 18. The van der Waals surface area contributed by atoms with Crippen molar-refractivity contribution in [3.05, 3.63) is 154 Å². The number of carboxylic acid groups (broad SMARTS) is 1. The lowest BCUT2D eigenvalue weighted by Gasteiger charge is -2.67. The van der Waals surface area contributed by atoms with Crippen molar-refractivity contribution in [1.29, 1.82) is 0 Å². The number of carboxylic acids is 1. The van der Waals surface area contributed by atoms with Crippen LogP contribution >= 0.6 is 0 Å². The third-order valence-electron chi connectivity index (χ3n) is 15.7. The first kappa shape index (κ1) is 55.4. The highest BCUT2D eigenvalue weighted by Gasteiger charge is 2.79. The van der Waals surface area contributed by atoms with E-state index in [2.05, 4.69) is 5.32 Å². The van der Waals surface area contributed by atoms with Crippen molar-refractivity contribution in [2.45, 2.75) is 121 Å². The molecule has 3 aliphatic carbocycles. The SMILES string of the molecule is CC(=O)O[C@H]1C(=O)[C@]2(C)[C@@H](OC(=O)CC(=O)Cc3ccc(C(=O)[O-])cc3)C[C@H]3OC[C@@]3(OC(C)=O)[C@H]2[C@H](OC(=O)c2ccccc2)[C@]2(O)C[C@H](OC(=O)[C@H](O)[C@@H](NC(=O)c3ccccc3)c3ccccc3)C(C)=C1C2(C)C. The first-order valence-corrected chi connectivity index (χ1v) is 25.0. The molecule has 19 heteroatoms. The van der Waals surface area contributed by atoms with Crippen LogP contribution in [0.5, 0.6) is 0 Å². The Morgan fingerprint density at radius 1 is 0.766 bits per heavy atom. The zero-order chi connectivity index (χ0) is 55.8. The van der Waals surface area contributed by atoms with Crippen molar-refractivity contribution in [2.24, 2.45) is 16.7 Å².